The number of ketones is 2. The van der Waals surface area contributed by atoms with Gasteiger partial charge in [0.2, 0.25) is 0 Å². The van der Waals surface area contributed by atoms with Gasteiger partial charge >= 0.3 is 0 Å². The highest BCUT2D eigenvalue weighted by atomic mass is 16.3. The molecule has 0 aromatic heterocycles. The van der Waals surface area contributed by atoms with Gasteiger partial charge in [-0.05, 0) is 49.1 Å². The molecule has 0 bridgehead atoms. The van der Waals surface area contributed by atoms with Crippen LogP contribution < -0.4 is 0 Å². The molecule has 4 rings (SSSR count). The summed E-state index contributed by atoms with van der Waals surface area (Å²) < 4.78 is 0. The number of aliphatic hydroxyl groups is 1. The van der Waals surface area contributed by atoms with Crippen molar-refractivity contribution in [3.8, 4) is 6.07 Å². The van der Waals surface area contributed by atoms with E-state index in [0.717, 1.165) is 42.8 Å². The number of allylic oxidation sites excluding steroid dienone is 1. The zero-order valence-corrected chi connectivity index (χ0v) is 15.5. The summed E-state index contributed by atoms with van der Waals surface area (Å²) in [6.07, 6.45) is 5.75. The molecule has 2 aliphatic carbocycles. The normalized spacial score (nSPS) is 20.4. The Balaban J connectivity index is 1.71. The second-order valence-electron chi connectivity index (χ2n) is 8.04. The molecule has 27 heavy (non-hydrogen) atoms. The number of nitrogens with zero attached hydrogens (tertiary/aromatic N) is 2. The number of Topliss-reactive ketones (excluding diaryl/α,β-unsaturated/α-hetero) is 2. The highest BCUT2D eigenvalue weighted by molar-refractivity contribution is 6.10. The minimum atomic E-state index is -0.133. The Kier molecular flexibility index (Phi) is 4.61. The van der Waals surface area contributed by atoms with Crippen molar-refractivity contribution in [2.24, 2.45) is 5.41 Å². The first-order valence-electron chi connectivity index (χ1n) is 9.77. The Morgan fingerprint density at radius 1 is 1.22 bits per heavy atom. The van der Waals surface area contributed by atoms with Crippen LogP contribution >= 0.6 is 0 Å². The number of nitriles is 1. The predicted octanol–water partition coefficient (Wildman–Crippen LogP) is 2.88. The van der Waals surface area contributed by atoms with Crippen molar-refractivity contribution in [2.75, 3.05) is 19.7 Å². The number of benzene rings is 1. The first-order valence-corrected chi connectivity index (χ1v) is 9.77. The molecule has 1 aromatic carbocycles. The number of hydrogen-bond acceptors (Lipinski definition) is 5. The van der Waals surface area contributed by atoms with Crippen LogP contribution in [0.4, 0.5) is 0 Å². The van der Waals surface area contributed by atoms with E-state index in [2.05, 4.69) is 11.0 Å². The van der Waals surface area contributed by atoms with Gasteiger partial charge < -0.3 is 10.0 Å². The van der Waals surface area contributed by atoms with E-state index in [0.29, 0.717) is 23.8 Å². The molecule has 5 nitrogen and oxygen atoms in total. The van der Waals surface area contributed by atoms with Crippen molar-refractivity contribution in [2.45, 2.75) is 44.9 Å². The summed E-state index contributed by atoms with van der Waals surface area (Å²) >= 11 is 0. The number of aliphatic hydroxyl groups excluding tert-OH is 1. The minimum absolute atomic E-state index is 0.00948. The second kappa shape index (κ2) is 6.94. The maximum absolute atomic E-state index is 12.5. The first-order chi connectivity index (χ1) is 13.1. The van der Waals surface area contributed by atoms with Crippen molar-refractivity contribution >= 4 is 17.3 Å². The zero-order chi connectivity index (χ0) is 19.0. The molecule has 1 aromatic rings. The smallest absolute Gasteiger partial charge is 0.179 e. The molecule has 2 fully saturated rings. The van der Waals surface area contributed by atoms with Crippen LogP contribution in [-0.4, -0.2) is 41.3 Å². The van der Waals surface area contributed by atoms with Gasteiger partial charge in [-0.3, -0.25) is 9.59 Å². The molecule has 0 atom stereocenters. The van der Waals surface area contributed by atoms with E-state index in [9.17, 15) is 14.9 Å². The van der Waals surface area contributed by atoms with Gasteiger partial charge in [0, 0.05) is 43.7 Å². The molecule has 0 unspecified atom stereocenters. The maximum atomic E-state index is 12.5. The van der Waals surface area contributed by atoms with Crippen LogP contribution in [0.5, 0.6) is 0 Å². The summed E-state index contributed by atoms with van der Waals surface area (Å²) in [7, 11) is 0. The molecule has 1 saturated heterocycles. The number of carbonyl (C=O) groups excluding carboxylic acids is 2. The van der Waals surface area contributed by atoms with E-state index in [4.69, 9.17) is 5.11 Å². The number of hydrogen-bond donors (Lipinski definition) is 1. The van der Waals surface area contributed by atoms with Gasteiger partial charge in [-0.1, -0.05) is 12.1 Å². The zero-order valence-electron chi connectivity index (χ0n) is 15.5. The lowest BCUT2D eigenvalue weighted by molar-refractivity contribution is -0.114. The van der Waals surface area contributed by atoms with Gasteiger partial charge in [-0.2, -0.15) is 5.26 Å². The first kappa shape index (κ1) is 17.9. The number of rotatable bonds is 5. The summed E-state index contributed by atoms with van der Waals surface area (Å²) in [4.78, 5) is 27.1. The summed E-state index contributed by atoms with van der Waals surface area (Å²) in [6, 6.07) is 7.58. The third-order valence-electron chi connectivity index (χ3n) is 6.32. The van der Waals surface area contributed by atoms with Crippen molar-refractivity contribution < 1.29 is 14.7 Å². The number of fused-ring (bicyclic) bond motifs is 1. The summed E-state index contributed by atoms with van der Waals surface area (Å²) in [5.41, 5.74) is 3.78. The van der Waals surface area contributed by atoms with E-state index in [1.807, 2.05) is 12.1 Å². The SMILES string of the molecule is N#CC1=C(N2CCC3(CC2)CC3)c2cc(C(=O)CCCO)ccc2CC1=O. The van der Waals surface area contributed by atoms with E-state index in [1.165, 1.54) is 12.8 Å². The van der Waals surface area contributed by atoms with Gasteiger partial charge in [0.15, 0.2) is 11.6 Å². The largest absolute Gasteiger partial charge is 0.396 e. The molecular weight excluding hydrogens is 340 g/mol. The Morgan fingerprint density at radius 2 is 1.96 bits per heavy atom. The van der Waals surface area contributed by atoms with E-state index < -0.39 is 0 Å². The van der Waals surface area contributed by atoms with Crippen molar-refractivity contribution in [1.29, 1.82) is 5.26 Å². The van der Waals surface area contributed by atoms with Crippen LogP contribution in [0, 0.1) is 16.7 Å². The van der Waals surface area contributed by atoms with Crippen molar-refractivity contribution in [3.63, 3.8) is 0 Å². The molecule has 1 aliphatic heterocycles. The highest BCUT2D eigenvalue weighted by Crippen LogP contribution is 2.54. The van der Waals surface area contributed by atoms with Crippen molar-refractivity contribution in [1.82, 2.24) is 4.90 Å². The van der Waals surface area contributed by atoms with Gasteiger partial charge in [-0.25, -0.2) is 0 Å². The fourth-order valence-corrected chi connectivity index (χ4v) is 4.36. The number of carbonyl (C=O) groups is 2. The molecule has 3 aliphatic rings. The Hall–Kier alpha value is -2.45. The van der Waals surface area contributed by atoms with Gasteiger partial charge in [0.25, 0.3) is 0 Å². The standard InChI is InChI=1S/C22H24N2O3/c23-14-18-20(27)13-15-3-4-16(19(26)2-1-11-25)12-17(15)21(18)24-9-7-22(5-6-22)8-10-24/h3-4,12,25H,1-2,5-11,13H2. The monoisotopic (exact) mass is 364 g/mol. The lowest BCUT2D eigenvalue weighted by Gasteiger charge is -2.37. The molecule has 5 heteroatoms. The molecule has 140 valence electrons. The van der Waals surface area contributed by atoms with Crippen molar-refractivity contribution in [3.05, 3.63) is 40.5 Å². The molecular formula is C22H24N2O3. The predicted molar refractivity (Wildman–Crippen MR) is 101 cm³/mol. The van der Waals surface area contributed by atoms with Crippen LogP contribution in [0.3, 0.4) is 0 Å². The molecule has 0 amide bonds. The number of likely N-dealkylation sites (tertiary alicyclic amines) is 1. The van der Waals surface area contributed by atoms with Crippen LogP contribution in [0.2, 0.25) is 0 Å². The Morgan fingerprint density at radius 3 is 2.59 bits per heavy atom. The fourth-order valence-electron chi connectivity index (χ4n) is 4.36. The lowest BCUT2D eigenvalue weighted by atomic mass is 9.84. The molecule has 1 spiro atoms. The highest BCUT2D eigenvalue weighted by Gasteiger charge is 2.45. The Bertz CT molecular complexity index is 864. The summed E-state index contributed by atoms with van der Waals surface area (Å²) in [5, 5.41) is 18.6. The van der Waals surface area contributed by atoms with Gasteiger partial charge in [0.05, 0.1) is 5.70 Å². The fraction of sp³-hybridized carbons (Fsp3) is 0.500. The number of piperidine rings is 1. The molecule has 1 heterocycles. The third-order valence-corrected chi connectivity index (χ3v) is 6.32. The molecule has 0 radical (unpaired) electrons. The lowest BCUT2D eigenvalue weighted by Crippen LogP contribution is -2.36. The Labute approximate surface area is 159 Å². The van der Waals surface area contributed by atoms with Gasteiger partial charge in [-0.15, -0.1) is 0 Å². The maximum Gasteiger partial charge on any atom is 0.179 e. The van der Waals surface area contributed by atoms with Crippen LogP contribution in [0.25, 0.3) is 5.70 Å². The van der Waals surface area contributed by atoms with Crippen LogP contribution in [0.1, 0.15) is 60.0 Å². The van der Waals surface area contributed by atoms with E-state index in [-0.39, 0.29) is 30.2 Å². The van der Waals surface area contributed by atoms with Crippen LogP contribution in [-0.2, 0) is 11.2 Å². The topological polar surface area (TPSA) is 81.4 Å². The second-order valence-corrected chi connectivity index (χ2v) is 8.04. The van der Waals surface area contributed by atoms with Gasteiger partial charge in [0.1, 0.15) is 11.6 Å². The summed E-state index contributed by atoms with van der Waals surface area (Å²) in [5.74, 6) is -0.150. The summed E-state index contributed by atoms with van der Waals surface area (Å²) in [6.45, 7) is 1.70. The quantitative estimate of drug-likeness (QED) is 0.813. The molecule has 1 saturated carbocycles. The molecule has 1 N–H and O–H groups in total. The van der Waals surface area contributed by atoms with E-state index >= 15 is 0 Å². The van der Waals surface area contributed by atoms with Crippen LogP contribution in [0.15, 0.2) is 23.8 Å². The van der Waals surface area contributed by atoms with E-state index in [1.54, 1.807) is 6.07 Å². The minimum Gasteiger partial charge on any atom is -0.396 e. The average Bonchev–Trinajstić information content (AvgIpc) is 3.44. The third kappa shape index (κ3) is 3.30. The average molecular weight is 364 g/mol.